The number of nitrogens with zero attached hydrogens (tertiary/aromatic N) is 2. The lowest BCUT2D eigenvalue weighted by Gasteiger charge is -2.11. The van der Waals surface area contributed by atoms with Gasteiger partial charge in [0.05, 0.1) is 0 Å². The molecule has 15 heavy (non-hydrogen) atoms. The highest BCUT2D eigenvalue weighted by molar-refractivity contribution is 5.87. The monoisotopic (exact) mass is 206 g/mol. The van der Waals surface area contributed by atoms with Gasteiger partial charge in [-0.15, -0.1) is 0 Å². The predicted octanol–water partition coefficient (Wildman–Crippen LogP) is 1.54. The van der Waals surface area contributed by atoms with Crippen LogP contribution in [0.3, 0.4) is 0 Å². The van der Waals surface area contributed by atoms with Crippen molar-refractivity contribution in [3.8, 4) is 0 Å². The van der Waals surface area contributed by atoms with Crippen molar-refractivity contribution >= 4 is 12.0 Å². The first-order chi connectivity index (χ1) is 7.34. The van der Waals surface area contributed by atoms with Crippen LogP contribution in [0.15, 0.2) is 18.5 Å². The maximum absolute atomic E-state index is 11.5. The van der Waals surface area contributed by atoms with Crippen molar-refractivity contribution < 1.29 is 4.79 Å². The SMILES string of the molecule is O=C(Nc1ncccn1)NC1CCCC1. The fourth-order valence-electron chi connectivity index (χ4n) is 1.76. The topological polar surface area (TPSA) is 66.9 Å². The van der Waals surface area contributed by atoms with E-state index in [4.69, 9.17) is 0 Å². The van der Waals surface area contributed by atoms with Gasteiger partial charge in [0.2, 0.25) is 5.95 Å². The van der Waals surface area contributed by atoms with Crippen LogP contribution in [0.5, 0.6) is 0 Å². The zero-order valence-electron chi connectivity index (χ0n) is 8.44. The fraction of sp³-hybridized carbons (Fsp3) is 0.500. The van der Waals surface area contributed by atoms with Crippen LogP contribution in [-0.2, 0) is 0 Å². The molecule has 5 heteroatoms. The average molecular weight is 206 g/mol. The lowest BCUT2D eigenvalue weighted by molar-refractivity contribution is 0.248. The lowest BCUT2D eigenvalue weighted by Crippen LogP contribution is -2.36. The fourth-order valence-corrected chi connectivity index (χ4v) is 1.76. The minimum absolute atomic E-state index is 0.215. The van der Waals surface area contributed by atoms with Gasteiger partial charge in [-0.3, -0.25) is 5.32 Å². The molecule has 5 nitrogen and oxygen atoms in total. The molecule has 0 unspecified atom stereocenters. The summed E-state index contributed by atoms with van der Waals surface area (Å²) in [6.07, 6.45) is 7.74. The summed E-state index contributed by atoms with van der Waals surface area (Å²) < 4.78 is 0. The molecule has 1 aromatic heterocycles. The second kappa shape index (κ2) is 4.72. The molecule has 2 amide bonds. The molecule has 0 aliphatic heterocycles. The molecule has 0 aromatic carbocycles. The van der Waals surface area contributed by atoms with E-state index in [1.165, 1.54) is 12.8 Å². The standard InChI is InChI=1S/C10H14N4O/c15-10(13-8-4-1-2-5-8)14-9-11-6-3-7-12-9/h3,6-8H,1-2,4-5H2,(H2,11,12,13,14,15). The van der Waals surface area contributed by atoms with Gasteiger partial charge < -0.3 is 5.32 Å². The number of aromatic nitrogens is 2. The number of hydrogen-bond acceptors (Lipinski definition) is 3. The Morgan fingerprint density at radius 3 is 2.60 bits per heavy atom. The van der Waals surface area contributed by atoms with Crippen LogP contribution in [0.25, 0.3) is 0 Å². The molecule has 1 aliphatic rings. The summed E-state index contributed by atoms with van der Waals surface area (Å²) in [4.78, 5) is 19.3. The summed E-state index contributed by atoms with van der Waals surface area (Å²) >= 11 is 0. The maximum Gasteiger partial charge on any atom is 0.321 e. The van der Waals surface area contributed by atoms with E-state index in [0.717, 1.165) is 12.8 Å². The molecule has 0 saturated heterocycles. The average Bonchev–Trinajstić information content (AvgIpc) is 2.71. The van der Waals surface area contributed by atoms with Gasteiger partial charge in [0.25, 0.3) is 0 Å². The second-order valence-electron chi connectivity index (χ2n) is 3.65. The normalized spacial score (nSPS) is 16.3. The van der Waals surface area contributed by atoms with Gasteiger partial charge in [-0.2, -0.15) is 0 Å². The van der Waals surface area contributed by atoms with Gasteiger partial charge in [-0.1, -0.05) is 12.8 Å². The second-order valence-corrected chi connectivity index (χ2v) is 3.65. The Bertz CT molecular complexity index is 321. The van der Waals surface area contributed by atoms with Crippen LogP contribution >= 0.6 is 0 Å². The Morgan fingerprint density at radius 1 is 1.27 bits per heavy atom. The molecular weight excluding hydrogens is 192 g/mol. The van der Waals surface area contributed by atoms with E-state index < -0.39 is 0 Å². The van der Waals surface area contributed by atoms with Crippen LogP contribution in [0, 0.1) is 0 Å². The highest BCUT2D eigenvalue weighted by Crippen LogP contribution is 2.17. The van der Waals surface area contributed by atoms with Gasteiger partial charge in [-0.05, 0) is 18.9 Å². The summed E-state index contributed by atoms with van der Waals surface area (Å²) in [6, 6.07) is 1.81. The molecular formula is C10H14N4O. The first-order valence-electron chi connectivity index (χ1n) is 5.19. The molecule has 80 valence electrons. The third-order valence-corrected chi connectivity index (χ3v) is 2.48. The molecule has 0 radical (unpaired) electrons. The number of amides is 2. The van der Waals surface area contributed by atoms with E-state index in [0.29, 0.717) is 12.0 Å². The quantitative estimate of drug-likeness (QED) is 0.771. The molecule has 0 spiro atoms. The Balaban J connectivity index is 1.82. The third kappa shape index (κ3) is 2.90. The van der Waals surface area contributed by atoms with E-state index >= 15 is 0 Å². The van der Waals surface area contributed by atoms with Crippen molar-refractivity contribution in [3.63, 3.8) is 0 Å². The Hall–Kier alpha value is -1.65. The van der Waals surface area contributed by atoms with E-state index in [1.54, 1.807) is 18.5 Å². The molecule has 0 bridgehead atoms. The molecule has 1 fully saturated rings. The molecule has 1 saturated carbocycles. The van der Waals surface area contributed by atoms with Crippen LogP contribution in [0.2, 0.25) is 0 Å². The Labute approximate surface area is 88.3 Å². The van der Waals surface area contributed by atoms with Gasteiger partial charge in [0.1, 0.15) is 0 Å². The molecule has 1 heterocycles. The first kappa shape index (κ1) is 9.89. The zero-order chi connectivity index (χ0) is 10.5. The Kier molecular flexibility index (Phi) is 3.11. The molecule has 2 N–H and O–H groups in total. The minimum Gasteiger partial charge on any atom is -0.335 e. The number of rotatable bonds is 2. The summed E-state index contributed by atoms with van der Waals surface area (Å²) in [5.41, 5.74) is 0. The van der Waals surface area contributed by atoms with E-state index in [9.17, 15) is 4.79 Å². The van der Waals surface area contributed by atoms with Gasteiger partial charge in [-0.25, -0.2) is 14.8 Å². The highest BCUT2D eigenvalue weighted by atomic mass is 16.2. The Morgan fingerprint density at radius 2 is 1.93 bits per heavy atom. The number of carbonyl (C=O) groups is 1. The van der Waals surface area contributed by atoms with E-state index in [1.807, 2.05) is 0 Å². The first-order valence-corrected chi connectivity index (χ1v) is 5.19. The molecule has 2 rings (SSSR count). The largest absolute Gasteiger partial charge is 0.335 e. The molecule has 0 atom stereocenters. The van der Waals surface area contributed by atoms with E-state index in [-0.39, 0.29) is 6.03 Å². The van der Waals surface area contributed by atoms with Crippen molar-refractivity contribution in [1.29, 1.82) is 0 Å². The van der Waals surface area contributed by atoms with Crippen LogP contribution in [-0.4, -0.2) is 22.0 Å². The highest BCUT2D eigenvalue weighted by Gasteiger charge is 2.17. The lowest BCUT2D eigenvalue weighted by atomic mass is 10.3. The summed E-state index contributed by atoms with van der Waals surface area (Å²) in [6.45, 7) is 0. The number of nitrogens with one attached hydrogen (secondary N) is 2. The maximum atomic E-state index is 11.5. The van der Waals surface area contributed by atoms with Crippen LogP contribution in [0.4, 0.5) is 10.7 Å². The predicted molar refractivity (Wildman–Crippen MR) is 56.4 cm³/mol. The van der Waals surface area contributed by atoms with E-state index in [2.05, 4.69) is 20.6 Å². The van der Waals surface area contributed by atoms with Gasteiger partial charge >= 0.3 is 6.03 Å². The summed E-state index contributed by atoms with van der Waals surface area (Å²) in [5.74, 6) is 0.341. The van der Waals surface area contributed by atoms with Crippen LogP contribution < -0.4 is 10.6 Å². The van der Waals surface area contributed by atoms with Crippen LogP contribution in [0.1, 0.15) is 25.7 Å². The smallest absolute Gasteiger partial charge is 0.321 e. The van der Waals surface area contributed by atoms with Gasteiger partial charge in [0.15, 0.2) is 0 Å². The molecule has 1 aliphatic carbocycles. The minimum atomic E-state index is -0.215. The van der Waals surface area contributed by atoms with Crippen molar-refractivity contribution in [1.82, 2.24) is 15.3 Å². The van der Waals surface area contributed by atoms with Crippen molar-refractivity contribution in [2.24, 2.45) is 0 Å². The van der Waals surface area contributed by atoms with Crippen molar-refractivity contribution in [2.75, 3.05) is 5.32 Å². The number of urea groups is 1. The van der Waals surface area contributed by atoms with Crippen molar-refractivity contribution in [2.45, 2.75) is 31.7 Å². The number of anilines is 1. The van der Waals surface area contributed by atoms with Crippen molar-refractivity contribution in [3.05, 3.63) is 18.5 Å². The number of hydrogen-bond donors (Lipinski definition) is 2. The zero-order valence-corrected chi connectivity index (χ0v) is 8.44. The summed E-state index contributed by atoms with van der Waals surface area (Å²) in [5, 5.41) is 5.49. The third-order valence-electron chi connectivity index (χ3n) is 2.48. The summed E-state index contributed by atoms with van der Waals surface area (Å²) in [7, 11) is 0. The molecule has 1 aromatic rings. The number of carbonyl (C=O) groups excluding carboxylic acids is 1. The van der Waals surface area contributed by atoms with Gasteiger partial charge in [0, 0.05) is 18.4 Å².